The van der Waals surface area contributed by atoms with Gasteiger partial charge in [-0.25, -0.2) is 13.1 Å². The van der Waals surface area contributed by atoms with Crippen LogP contribution in [0, 0.1) is 6.92 Å². The van der Waals surface area contributed by atoms with Crippen LogP contribution < -0.4 is 9.62 Å². The summed E-state index contributed by atoms with van der Waals surface area (Å²) in [6.07, 6.45) is 0. The zero-order chi connectivity index (χ0) is 17.7. The predicted octanol–water partition coefficient (Wildman–Crippen LogP) is 2.98. The van der Waals surface area contributed by atoms with E-state index in [1.165, 1.54) is 19.1 Å². The first kappa shape index (κ1) is 18.4. The van der Waals surface area contributed by atoms with Gasteiger partial charge in [0.1, 0.15) is 0 Å². The Balaban J connectivity index is 2.08. The Kier molecular flexibility index (Phi) is 5.99. The van der Waals surface area contributed by atoms with Gasteiger partial charge in [-0.05, 0) is 36.8 Å². The van der Waals surface area contributed by atoms with Crippen LogP contribution in [0.25, 0.3) is 0 Å². The Morgan fingerprint density at radius 3 is 2.50 bits per heavy atom. The molecule has 0 radical (unpaired) electrons. The summed E-state index contributed by atoms with van der Waals surface area (Å²) >= 11 is 5.83. The van der Waals surface area contributed by atoms with E-state index in [9.17, 15) is 13.2 Å². The normalized spacial score (nSPS) is 11.3. The van der Waals surface area contributed by atoms with Crippen molar-refractivity contribution in [3.8, 4) is 0 Å². The summed E-state index contributed by atoms with van der Waals surface area (Å²) in [6.45, 7) is 3.70. The monoisotopic (exact) mass is 366 g/mol. The van der Waals surface area contributed by atoms with E-state index in [0.717, 1.165) is 11.3 Å². The largest absolute Gasteiger partial charge is 0.311 e. The number of nitrogens with zero attached hydrogens (tertiary/aromatic N) is 1. The van der Waals surface area contributed by atoms with Gasteiger partial charge in [0, 0.05) is 30.7 Å². The quantitative estimate of drug-likeness (QED) is 0.854. The van der Waals surface area contributed by atoms with Crippen LogP contribution in [0.3, 0.4) is 0 Å². The topological polar surface area (TPSA) is 66.5 Å². The fourth-order valence-electron chi connectivity index (χ4n) is 2.32. The highest BCUT2D eigenvalue weighted by atomic mass is 35.5. The van der Waals surface area contributed by atoms with Gasteiger partial charge in [-0.1, -0.05) is 35.9 Å². The molecule has 2 aromatic rings. The third kappa shape index (κ3) is 4.56. The number of rotatable bonds is 6. The Labute approximate surface area is 147 Å². The van der Waals surface area contributed by atoms with Crippen molar-refractivity contribution in [2.75, 3.05) is 18.0 Å². The maximum absolute atomic E-state index is 12.3. The number of nitrogens with one attached hydrogen (secondary N) is 1. The average Bonchev–Trinajstić information content (AvgIpc) is 2.52. The van der Waals surface area contributed by atoms with Gasteiger partial charge in [0.25, 0.3) is 0 Å². The number of para-hydroxylation sites is 1. The highest BCUT2D eigenvalue weighted by Gasteiger charge is 2.17. The van der Waals surface area contributed by atoms with Crippen molar-refractivity contribution < 1.29 is 13.2 Å². The second kappa shape index (κ2) is 7.79. The van der Waals surface area contributed by atoms with Crippen molar-refractivity contribution in [2.24, 2.45) is 0 Å². The number of halogens is 1. The molecule has 0 saturated heterocycles. The first-order valence-electron chi connectivity index (χ1n) is 7.40. The first-order valence-corrected chi connectivity index (χ1v) is 9.26. The van der Waals surface area contributed by atoms with Gasteiger partial charge in [-0.3, -0.25) is 4.79 Å². The van der Waals surface area contributed by atoms with Gasteiger partial charge in [-0.15, -0.1) is 0 Å². The molecule has 1 amide bonds. The number of carbonyl (C=O) groups excluding carboxylic acids is 1. The minimum atomic E-state index is -3.67. The zero-order valence-corrected chi connectivity index (χ0v) is 15.1. The molecular formula is C17H19ClN2O3S. The minimum absolute atomic E-state index is 0.0975. The van der Waals surface area contributed by atoms with Crippen LogP contribution in [0.15, 0.2) is 53.4 Å². The standard InChI is InChI=1S/C17H19ClN2O3S/c1-13-6-3-4-9-17(13)20(14(2)21)11-10-19-24(22,23)16-8-5-7-15(18)12-16/h3-9,12,19H,10-11H2,1-2H3. The maximum Gasteiger partial charge on any atom is 0.240 e. The number of amides is 1. The van der Waals surface area contributed by atoms with Crippen LogP contribution in [-0.2, 0) is 14.8 Å². The average molecular weight is 367 g/mol. The van der Waals surface area contributed by atoms with Crippen molar-refractivity contribution in [3.63, 3.8) is 0 Å². The molecular weight excluding hydrogens is 348 g/mol. The predicted molar refractivity (Wildman–Crippen MR) is 95.8 cm³/mol. The van der Waals surface area contributed by atoms with Crippen LogP contribution in [-0.4, -0.2) is 27.4 Å². The molecule has 7 heteroatoms. The molecule has 0 saturated carbocycles. The molecule has 0 aliphatic heterocycles. The van der Waals surface area contributed by atoms with E-state index in [1.54, 1.807) is 17.0 Å². The smallest absolute Gasteiger partial charge is 0.240 e. The molecule has 0 aliphatic carbocycles. The van der Waals surface area contributed by atoms with Crippen molar-refractivity contribution in [2.45, 2.75) is 18.7 Å². The lowest BCUT2D eigenvalue weighted by molar-refractivity contribution is -0.116. The molecule has 0 bridgehead atoms. The number of anilines is 1. The highest BCUT2D eigenvalue weighted by Crippen LogP contribution is 2.19. The summed E-state index contributed by atoms with van der Waals surface area (Å²) in [4.78, 5) is 13.5. The van der Waals surface area contributed by atoms with E-state index in [0.29, 0.717) is 5.02 Å². The van der Waals surface area contributed by atoms with Crippen LogP contribution in [0.5, 0.6) is 0 Å². The van der Waals surface area contributed by atoms with E-state index < -0.39 is 10.0 Å². The molecule has 0 aliphatic rings. The lowest BCUT2D eigenvalue weighted by atomic mass is 10.2. The molecule has 128 valence electrons. The molecule has 0 atom stereocenters. The van der Waals surface area contributed by atoms with E-state index in [1.807, 2.05) is 31.2 Å². The Morgan fingerprint density at radius 1 is 1.17 bits per heavy atom. The third-order valence-electron chi connectivity index (χ3n) is 3.52. The molecule has 0 unspecified atom stereocenters. The molecule has 0 spiro atoms. The molecule has 5 nitrogen and oxygen atoms in total. The molecule has 2 rings (SSSR count). The number of sulfonamides is 1. The summed E-state index contributed by atoms with van der Waals surface area (Å²) in [5, 5.41) is 0.350. The van der Waals surface area contributed by atoms with Gasteiger partial charge in [0.15, 0.2) is 0 Å². The molecule has 2 aromatic carbocycles. The molecule has 24 heavy (non-hydrogen) atoms. The van der Waals surface area contributed by atoms with Gasteiger partial charge < -0.3 is 4.90 Å². The van der Waals surface area contributed by atoms with Gasteiger partial charge in [0.05, 0.1) is 4.90 Å². The van der Waals surface area contributed by atoms with Crippen LogP contribution in [0.4, 0.5) is 5.69 Å². The van der Waals surface area contributed by atoms with Crippen LogP contribution in [0.1, 0.15) is 12.5 Å². The van der Waals surface area contributed by atoms with E-state index >= 15 is 0 Å². The van der Waals surface area contributed by atoms with E-state index in [2.05, 4.69) is 4.72 Å². The van der Waals surface area contributed by atoms with Crippen molar-refractivity contribution >= 4 is 33.2 Å². The van der Waals surface area contributed by atoms with Crippen LogP contribution >= 0.6 is 11.6 Å². The fraction of sp³-hybridized carbons (Fsp3) is 0.235. The summed E-state index contributed by atoms with van der Waals surface area (Å²) in [5.41, 5.74) is 1.72. The summed E-state index contributed by atoms with van der Waals surface area (Å²) in [5.74, 6) is -0.147. The Morgan fingerprint density at radius 2 is 1.88 bits per heavy atom. The Bertz CT molecular complexity index is 837. The first-order chi connectivity index (χ1) is 11.3. The number of carbonyl (C=O) groups is 1. The maximum atomic E-state index is 12.3. The number of aryl methyl sites for hydroxylation is 1. The zero-order valence-electron chi connectivity index (χ0n) is 13.5. The van der Waals surface area contributed by atoms with Crippen molar-refractivity contribution in [1.82, 2.24) is 4.72 Å². The van der Waals surface area contributed by atoms with Crippen molar-refractivity contribution in [1.29, 1.82) is 0 Å². The summed E-state index contributed by atoms with van der Waals surface area (Å²) in [6, 6.07) is 13.5. The van der Waals surface area contributed by atoms with Crippen molar-refractivity contribution in [3.05, 3.63) is 59.1 Å². The van der Waals surface area contributed by atoms with E-state index in [-0.39, 0.29) is 23.9 Å². The Hall–Kier alpha value is -1.89. The number of benzene rings is 2. The van der Waals surface area contributed by atoms with Gasteiger partial charge in [-0.2, -0.15) is 0 Å². The van der Waals surface area contributed by atoms with E-state index in [4.69, 9.17) is 11.6 Å². The summed E-state index contributed by atoms with van der Waals surface area (Å²) < 4.78 is 27.0. The minimum Gasteiger partial charge on any atom is -0.311 e. The van der Waals surface area contributed by atoms with Gasteiger partial charge in [0.2, 0.25) is 15.9 Å². The second-order valence-electron chi connectivity index (χ2n) is 5.31. The van der Waals surface area contributed by atoms with Crippen LogP contribution in [0.2, 0.25) is 5.02 Å². The molecule has 1 N–H and O–H groups in total. The highest BCUT2D eigenvalue weighted by molar-refractivity contribution is 7.89. The molecule has 0 heterocycles. The molecule has 0 fully saturated rings. The third-order valence-corrected chi connectivity index (χ3v) is 5.21. The second-order valence-corrected chi connectivity index (χ2v) is 7.52. The molecule has 0 aromatic heterocycles. The lowest BCUT2D eigenvalue weighted by Gasteiger charge is -2.23. The number of hydrogen-bond acceptors (Lipinski definition) is 3. The fourth-order valence-corrected chi connectivity index (χ4v) is 3.64. The summed E-state index contributed by atoms with van der Waals surface area (Å²) in [7, 11) is -3.67. The SMILES string of the molecule is CC(=O)N(CCNS(=O)(=O)c1cccc(Cl)c1)c1ccccc1C. The number of hydrogen-bond donors (Lipinski definition) is 1. The van der Waals surface area contributed by atoms with Gasteiger partial charge >= 0.3 is 0 Å². The lowest BCUT2D eigenvalue weighted by Crippen LogP contribution is -2.37.